The molecular weight excluding hydrogens is 304 g/mol. The SMILES string of the molecule is CCc1cc2c(=O)n(Cc3cccc4ccccc34)cnc2s1. The summed E-state index contributed by atoms with van der Waals surface area (Å²) in [5.41, 5.74) is 1.18. The van der Waals surface area contributed by atoms with Gasteiger partial charge in [-0.1, -0.05) is 49.4 Å². The third kappa shape index (κ3) is 2.45. The van der Waals surface area contributed by atoms with E-state index in [4.69, 9.17) is 0 Å². The fourth-order valence-electron chi connectivity index (χ4n) is 2.91. The van der Waals surface area contributed by atoms with Crippen LogP contribution in [0.2, 0.25) is 0 Å². The van der Waals surface area contributed by atoms with Crippen LogP contribution in [0.5, 0.6) is 0 Å². The van der Waals surface area contributed by atoms with E-state index < -0.39 is 0 Å². The molecule has 0 aliphatic heterocycles. The maximum absolute atomic E-state index is 12.7. The zero-order valence-electron chi connectivity index (χ0n) is 12.8. The molecule has 4 aromatic rings. The highest BCUT2D eigenvalue weighted by Crippen LogP contribution is 2.22. The Morgan fingerprint density at radius 3 is 2.78 bits per heavy atom. The number of hydrogen-bond donors (Lipinski definition) is 0. The summed E-state index contributed by atoms with van der Waals surface area (Å²) in [5.74, 6) is 0. The first-order chi connectivity index (χ1) is 11.3. The van der Waals surface area contributed by atoms with Crippen LogP contribution >= 0.6 is 11.3 Å². The Morgan fingerprint density at radius 1 is 1.09 bits per heavy atom. The largest absolute Gasteiger partial charge is 0.294 e. The smallest absolute Gasteiger partial charge is 0.262 e. The summed E-state index contributed by atoms with van der Waals surface area (Å²) in [7, 11) is 0. The van der Waals surface area contributed by atoms with Gasteiger partial charge in [0.1, 0.15) is 4.83 Å². The molecule has 0 radical (unpaired) electrons. The Morgan fingerprint density at radius 2 is 1.91 bits per heavy atom. The van der Waals surface area contributed by atoms with E-state index in [0.717, 1.165) is 22.2 Å². The third-order valence-electron chi connectivity index (χ3n) is 4.14. The number of thiophene rings is 1. The molecule has 0 saturated carbocycles. The Hall–Kier alpha value is -2.46. The molecule has 0 aliphatic rings. The first-order valence-electron chi connectivity index (χ1n) is 7.71. The Bertz CT molecular complexity index is 1060. The van der Waals surface area contributed by atoms with Gasteiger partial charge in [0.15, 0.2) is 0 Å². The van der Waals surface area contributed by atoms with Crippen LogP contribution in [0.1, 0.15) is 17.4 Å². The van der Waals surface area contributed by atoms with Crippen LogP contribution < -0.4 is 5.56 Å². The zero-order chi connectivity index (χ0) is 15.8. The molecule has 3 nitrogen and oxygen atoms in total. The number of aromatic nitrogens is 2. The highest BCUT2D eigenvalue weighted by molar-refractivity contribution is 7.18. The van der Waals surface area contributed by atoms with Crippen LogP contribution in [0.15, 0.2) is 59.7 Å². The van der Waals surface area contributed by atoms with Crippen molar-refractivity contribution >= 4 is 32.3 Å². The van der Waals surface area contributed by atoms with Crippen LogP contribution in [0.25, 0.3) is 21.0 Å². The molecule has 0 bridgehead atoms. The number of hydrogen-bond acceptors (Lipinski definition) is 3. The van der Waals surface area contributed by atoms with Gasteiger partial charge in [-0.2, -0.15) is 0 Å². The predicted octanol–water partition coefficient (Wildman–Crippen LogP) is 4.22. The van der Waals surface area contributed by atoms with Gasteiger partial charge in [-0.25, -0.2) is 4.98 Å². The molecule has 0 aliphatic carbocycles. The van der Waals surface area contributed by atoms with Gasteiger partial charge in [0.05, 0.1) is 18.3 Å². The fraction of sp³-hybridized carbons (Fsp3) is 0.158. The van der Waals surface area contributed by atoms with E-state index in [9.17, 15) is 4.79 Å². The van der Waals surface area contributed by atoms with E-state index in [1.54, 1.807) is 22.2 Å². The molecule has 0 fully saturated rings. The summed E-state index contributed by atoms with van der Waals surface area (Å²) >= 11 is 1.60. The first-order valence-corrected chi connectivity index (χ1v) is 8.52. The minimum absolute atomic E-state index is 0.0406. The highest BCUT2D eigenvalue weighted by Gasteiger charge is 2.09. The van der Waals surface area contributed by atoms with Crippen molar-refractivity contribution in [3.63, 3.8) is 0 Å². The average molecular weight is 320 g/mol. The van der Waals surface area contributed by atoms with Crippen molar-refractivity contribution in [3.05, 3.63) is 75.7 Å². The van der Waals surface area contributed by atoms with E-state index in [2.05, 4.69) is 36.2 Å². The van der Waals surface area contributed by atoms with Crippen molar-refractivity contribution in [1.29, 1.82) is 0 Å². The van der Waals surface area contributed by atoms with Gasteiger partial charge in [-0.3, -0.25) is 9.36 Å². The van der Waals surface area contributed by atoms with Crippen LogP contribution in [-0.4, -0.2) is 9.55 Å². The third-order valence-corrected chi connectivity index (χ3v) is 5.33. The number of aryl methyl sites for hydroxylation is 1. The molecule has 4 heteroatoms. The molecule has 0 amide bonds. The van der Waals surface area contributed by atoms with Crippen LogP contribution in [-0.2, 0) is 13.0 Å². The summed E-state index contributed by atoms with van der Waals surface area (Å²) in [4.78, 5) is 19.2. The second-order valence-corrected chi connectivity index (χ2v) is 6.72. The van der Waals surface area contributed by atoms with E-state index in [-0.39, 0.29) is 5.56 Å². The number of nitrogens with zero attached hydrogens (tertiary/aromatic N) is 2. The van der Waals surface area contributed by atoms with Crippen molar-refractivity contribution in [1.82, 2.24) is 9.55 Å². The van der Waals surface area contributed by atoms with Gasteiger partial charge >= 0.3 is 0 Å². The molecular formula is C19H16N2OS. The summed E-state index contributed by atoms with van der Waals surface area (Å²) < 4.78 is 1.70. The highest BCUT2D eigenvalue weighted by atomic mass is 32.1. The summed E-state index contributed by atoms with van der Waals surface area (Å²) in [6.45, 7) is 2.64. The summed E-state index contributed by atoms with van der Waals surface area (Å²) in [5, 5.41) is 3.10. The molecule has 0 spiro atoms. The predicted molar refractivity (Wildman–Crippen MR) is 96.3 cm³/mol. The van der Waals surface area contributed by atoms with E-state index >= 15 is 0 Å². The molecule has 2 aromatic heterocycles. The molecule has 0 N–H and O–H groups in total. The standard InChI is InChI=1S/C19H16N2OS/c1-2-15-10-17-18(23-15)20-12-21(19(17)22)11-14-8-5-7-13-6-3-4-9-16(13)14/h3-10,12H,2,11H2,1H3. The summed E-state index contributed by atoms with van der Waals surface area (Å²) in [6.07, 6.45) is 2.60. The molecule has 0 saturated heterocycles. The normalized spacial score (nSPS) is 11.3. The zero-order valence-corrected chi connectivity index (χ0v) is 13.6. The quantitative estimate of drug-likeness (QED) is 0.566. The van der Waals surface area contributed by atoms with Crippen molar-refractivity contribution in [2.24, 2.45) is 0 Å². The van der Waals surface area contributed by atoms with Gasteiger partial charge in [0.25, 0.3) is 5.56 Å². The van der Waals surface area contributed by atoms with Gasteiger partial charge in [0.2, 0.25) is 0 Å². The summed E-state index contributed by atoms with van der Waals surface area (Å²) in [6, 6.07) is 16.4. The lowest BCUT2D eigenvalue weighted by molar-refractivity contribution is 0.753. The van der Waals surface area contributed by atoms with Crippen LogP contribution in [0.3, 0.4) is 0 Å². The Kier molecular flexibility index (Phi) is 3.46. The molecule has 2 aromatic carbocycles. The average Bonchev–Trinajstić information content (AvgIpc) is 3.02. The molecule has 0 atom stereocenters. The van der Waals surface area contributed by atoms with Crippen LogP contribution in [0, 0.1) is 0 Å². The Balaban J connectivity index is 1.83. The fourth-order valence-corrected chi connectivity index (χ4v) is 3.84. The lowest BCUT2D eigenvalue weighted by atomic mass is 10.0. The Labute approximate surface area is 137 Å². The molecule has 23 heavy (non-hydrogen) atoms. The maximum atomic E-state index is 12.7. The molecule has 2 heterocycles. The van der Waals surface area contributed by atoms with Gasteiger partial charge in [0, 0.05) is 4.88 Å². The van der Waals surface area contributed by atoms with E-state index in [1.807, 2.05) is 24.3 Å². The van der Waals surface area contributed by atoms with Gasteiger partial charge < -0.3 is 0 Å². The number of rotatable bonds is 3. The second-order valence-electron chi connectivity index (χ2n) is 5.60. The van der Waals surface area contributed by atoms with E-state index in [0.29, 0.717) is 6.54 Å². The van der Waals surface area contributed by atoms with Gasteiger partial charge in [-0.05, 0) is 28.8 Å². The van der Waals surface area contributed by atoms with Crippen molar-refractivity contribution in [3.8, 4) is 0 Å². The van der Waals surface area contributed by atoms with Crippen LogP contribution in [0.4, 0.5) is 0 Å². The minimum Gasteiger partial charge on any atom is -0.294 e. The van der Waals surface area contributed by atoms with E-state index in [1.165, 1.54) is 15.6 Å². The minimum atomic E-state index is 0.0406. The molecule has 4 rings (SSSR count). The molecule has 114 valence electrons. The monoisotopic (exact) mass is 320 g/mol. The number of fused-ring (bicyclic) bond motifs is 2. The second kappa shape index (κ2) is 5.63. The lowest BCUT2D eigenvalue weighted by Gasteiger charge is -2.08. The van der Waals surface area contributed by atoms with Gasteiger partial charge in [-0.15, -0.1) is 11.3 Å². The van der Waals surface area contributed by atoms with Crippen molar-refractivity contribution < 1.29 is 0 Å². The lowest BCUT2D eigenvalue weighted by Crippen LogP contribution is -2.20. The first kappa shape index (κ1) is 14.2. The maximum Gasteiger partial charge on any atom is 0.262 e. The van der Waals surface area contributed by atoms with Crippen molar-refractivity contribution in [2.45, 2.75) is 19.9 Å². The molecule has 0 unspecified atom stereocenters. The topological polar surface area (TPSA) is 34.9 Å². The van der Waals surface area contributed by atoms with Crippen molar-refractivity contribution in [2.75, 3.05) is 0 Å². The number of benzene rings is 2.